The summed E-state index contributed by atoms with van der Waals surface area (Å²) in [5.41, 5.74) is 7.93. The van der Waals surface area contributed by atoms with Crippen molar-refractivity contribution in [1.29, 1.82) is 0 Å². The van der Waals surface area contributed by atoms with Crippen LogP contribution in [0.2, 0.25) is 0 Å². The normalized spacial score (nSPS) is 16.1. The summed E-state index contributed by atoms with van der Waals surface area (Å²) < 4.78 is 5.36. The fourth-order valence-electron chi connectivity index (χ4n) is 3.83. The van der Waals surface area contributed by atoms with Gasteiger partial charge in [0.15, 0.2) is 6.61 Å². The predicted molar refractivity (Wildman–Crippen MR) is 116 cm³/mol. The molecule has 1 aliphatic heterocycles. The number of fused-ring (bicyclic) bond motifs is 1. The predicted octanol–water partition coefficient (Wildman–Crippen LogP) is 2.78. The average Bonchev–Trinajstić information content (AvgIpc) is 2.82. The van der Waals surface area contributed by atoms with E-state index in [2.05, 4.69) is 4.98 Å². The summed E-state index contributed by atoms with van der Waals surface area (Å²) in [6, 6.07) is 18.6. The average molecular weight is 417 g/mol. The number of ether oxygens (including phenoxy) is 1. The van der Waals surface area contributed by atoms with E-state index in [-0.39, 0.29) is 25.0 Å². The van der Waals surface area contributed by atoms with Gasteiger partial charge in [-0.15, -0.1) is 0 Å². The van der Waals surface area contributed by atoms with Crippen molar-refractivity contribution in [2.45, 2.75) is 12.8 Å². The van der Waals surface area contributed by atoms with Crippen LogP contribution in [0.1, 0.15) is 23.2 Å². The van der Waals surface area contributed by atoms with E-state index in [9.17, 15) is 14.4 Å². The maximum absolute atomic E-state index is 12.9. The molecule has 2 amide bonds. The molecule has 0 radical (unpaired) electrons. The van der Waals surface area contributed by atoms with Crippen molar-refractivity contribution in [3.05, 3.63) is 66.2 Å². The number of hydrogen-bond donors (Lipinski definition) is 1. The third-order valence-corrected chi connectivity index (χ3v) is 5.51. The lowest BCUT2D eigenvalue weighted by Gasteiger charge is -2.31. The van der Waals surface area contributed by atoms with Gasteiger partial charge < -0.3 is 15.4 Å². The molecule has 0 unspecified atom stereocenters. The van der Waals surface area contributed by atoms with E-state index >= 15 is 0 Å². The molecule has 158 valence electrons. The quantitative estimate of drug-likeness (QED) is 0.643. The van der Waals surface area contributed by atoms with E-state index in [0.717, 1.165) is 5.56 Å². The molecule has 1 saturated heterocycles. The summed E-state index contributed by atoms with van der Waals surface area (Å²) in [7, 11) is 0. The molecule has 0 saturated carbocycles. The molecule has 0 aliphatic carbocycles. The number of nitrogens with two attached hydrogens (primary N) is 1. The minimum atomic E-state index is -0.590. The van der Waals surface area contributed by atoms with Crippen molar-refractivity contribution < 1.29 is 19.1 Å². The first kappa shape index (κ1) is 20.5. The molecule has 2 N–H and O–H groups in total. The first-order chi connectivity index (χ1) is 15.0. The van der Waals surface area contributed by atoms with Crippen LogP contribution in [0.5, 0.6) is 0 Å². The van der Waals surface area contributed by atoms with Gasteiger partial charge in [-0.3, -0.25) is 9.59 Å². The maximum atomic E-state index is 12.9. The van der Waals surface area contributed by atoms with Crippen LogP contribution >= 0.6 is 0 Å². The fourth-order valence-corrected chi connectivity index (χ4v) is 3.83. The molecule has 2 heterocycles. The van der Waals surface area contributed by atoms with Crippen molar-refractivity contribution in [3.63, 3.8) is 0 Å². The Bertz CT molecular complexity index is 1130. The summed E-state index contributed by atoms with van der Waals surface area (Å²) in [5.74, 6) is -1.69. The molecule has 31 heavy (non-hydrogen) atoms. The summed E-state index contributed by atoms with van der Waals surface area (Å²) in [6.45, 7) is 0.403. The van der Waals surface area contributed by atoms with E-state index in [1.165, 1.54) is 4.90 Å². The SMILES string of the molecule is NC(=O)[C@@H]1CCCN(C(=O)COC(=O)c2cc(-c3ccccc3)nc3ccccc23)C1. The summed E-state index contributed by atoms with van der Waals surface area (Å²) in [4.78, 5) is 43.1. The van der Waals surface area contributed by atoms with Gasteiger partial charge in [0, 0.05) is 24.0 Å². The van der Waals surface area contributed by atoms with E-state index in [1.54, 1.807) is 12.1 Å². The van der Waals surface area contributed by atoms with E-state index in [4.69, 9.17) is 10.5 Å². The number of pyridine rings is 1. The van der Waals surface area contributed by atoms with Crippen LogP contribution in [0.3, 0.4) is 0 Å². The lowest BCUT2D eigenvalue weighted by molar-refractivity contribution is -0.137. The molecule has 7 heteroatoms. The monoisotopic (exact) mass is 417 g/mol. The van der Waals surface area contributed by atoms with Crippen LogP contribution in [0.25, 0.3) is 22.2 Å². The highest BCUT2D eigenvalue weighted by molar-refractivity contribution is 6.05. The van der Waals surface area contributed by atoms with Gasteiger partial charge in [-0.25, -0.2) is 9.78 Å². The Morgan fingerprint density at radius 1 is 1.06 bits per heavy atom. The minimum absolute atomic E-state index is 0.266. The van der Waals surface area contributed by atoms with Crippen LogP contribution < -0.4 is 5.73 Å². The van der Waals surface area contributed by atoms with Crippen molar-refractivity contribution >= 4 is 28.7 Å². The third kappa shape index (κ3) is 4.55. The Balaban J connectivity index is 1.53. The molecule has 7 nitrogen and oxygen atoms in total. The molecule has 1 aromatic heterocycles. The number of likely N-dealkylation sites (tertiary alicyclic amines) is 1. The Kier molecular flexibility index (Phi) is 5.93. The number of rotatable bonds is 5. The van der Waals surface area contributed by atoms with Gasteiger partial charge in [0.2, 0.25) is 5.91 Å². The lowest BCUT2D eigenvalue weighted by Crippen LogP contribution is -2.45. The number of para-hydroxylation sites is 1. The van der Waals surface area contributed by atoms with Crippen molar-refractivity contribution in [3.8, 4) is 11.3 Å². The standard InChI is InChI=1S/C24H23N3O4/c25-23(29)17-9-6-12-27(14-17)22(28)15-31-24(30)19-13-21(16-7-2-1-3-8-16)26-20-11-5-4-10-18(19)20/h1-5,7-8,10-11,13,17H,6,9,12,14-15H2,(H2,25,29)/t17-/m1/s1. The van der Waals surface area contributed by atoms with Crippen molar-refractivity contribution in [2.75, 3.05) is 19.7 Å². The number of primary amides is 1. The highest BCUT2D eigenvalue weighted by atomic mass is 16.5. The second-order valence-electron chi connectivity index (χ2n) is 7.60. The zero-order valence-corrected chi connectivity index (χ0v) is 17.0. The molecule has 2 aromatic carbocycles. The van der Waals surface area contributed by atoms with Crippen LogP contribution in [0.4, 0.5) is 0 Å². The molecule has 1 fully saturated rings. The number of hydrogen-bond acceptors (Lipinski definition) is 5. The molecule has 1 atom stereocenters. The number of esters is 1. The Morgan fingerprint density at radius 2 is 1.81 bits per heavy atom. The fraction of sp³-hybridized carbons (Fsp3) is 0.250. The highest BCUT2D eigenvalue weighted by Crippen LogP contribution is 2.25. The highest BCUT2D eigenvalue weighted by Gasteiger charge is 2.27. The van der Waals surface area contributed by atoms with Crippen LogP contribution in [-0.4, -0.2) is 47.4 Å². The first-order valence-electron chi connectivity index (χ1n) is 10.2. The molecular weight excluding hydrogens is 394 g/mol. The Labute approximate surface area is 179 Å². The number of nitrogens with zero attached hydrogens (tertiary/aromatic N) is 2. The largest absolute Gasteiger partial charge is 0.452 e. The first-order valence-corrected chi connectivity index (χ1v) is 10.2. The van der Waals surface area contributed by atoms with Crippen molar-refractivity contribution in [2.24, 2.45) is 11.7 Å². The summed E-state index contributed by atoms with van der Waals surface area (Å²) >= 11 is 0. The van der Waals surface area contributed by atoms with Gasteiger partial charge in [0.25, 0.3) is 5.91 Å². The van der Waals surface area contributed by atoms with E-state index in [1.807, 2.05) is 48.5 Å². The molecule has 4 rings (SSSR count). The topological polar surface area (TPSA) is 103 Å². The second kappa shape index (κ2) is 8.95. The minimum Gasteiger partial charge on any atom is -0.452 e. The molecule has 1 aliphatic rings. The smallest absolute Gasteiger partial charge is 0.339 e. The number of carbonyl (C=O) groups is 3. The van der Waals surface area contributed by atoms with Gasteiger partial charge in [-0.1, -0.05) is 48.5 Å². The van der Waals surface area contributed by atoms with Gasteiger partial charge in [0.1, 0.15) is 0 Å². The van der Waals surface area contributed by atoms with Gasteiger partial charge in [0.05, 0.1) is 22.7 Å². The van der Waals surface area contributed by atoms with Gasteiger partial charge >= 0.3 is 5.97 Å². The van der Waals surface area contributed by atoms with Gasteiger partial charge in [-0.05, 0) is 25.0 Å². The second-order valence-corrected chi connectivity index (χ2v) is 7.60. The van der Waals surface area contributed by atoms with E-state index in [0.29, 0.717) is 41.5 Å². The van der Waals surface area contributed by atoms with E-state index < -0.39 is 11.9 Å². The number of carbonyl (C=O) groups excluding carboxylic acids is 3. The van der Waals surface area contributed by atoms with Crippen LogP contribution in [0.15, 0.2) is 60.7 Å². The van der Waals surface area contributed by atoms with Gasteiger partial charge in [-0.2, -0.15) is 0 Å². The lowest BCUT2D eigenvalue weighted by atomic mass is 9.97. The van der Waals surface area contributed by atoms with Crippen LogP contribution in [-0.2, 0) is 14.3 Å². The zero-order valence-electron chi connectivity index (χ0n) is 17.0. The maximum Gasteiger partial charge on any atom is 0.339 e. The van der Waals surface area contributed by atoms with Crippen molar-refractivity contribution in [1.82, 2.24) is 9.88 Å². The zero-order chi connectivity index (χ0) is 21.8. The summed E-state index contributed by atoms with van der Waals surface area (Å²) in [6.07, 6.45) is 1.37. The van der Waals surface area contributed by atoms with Crippen LogP contribution in [0, 0.1) is 5.92 Å². The Morgan fingerprint density at radius 3 is 2.58 bits per heavy atom. The molecular formula is C24H23N3O4. The Hall–Kier alpha value is -3.74. The number of benzene rings is 2. The number of piperidine rings is 1. The molecule has 0 bridgehead atoms. The molecule has 0 spiro atoms. The number of amides is 2. The number of aromatic nitrogens is 1. The molecule has 3 aromatic rings. The third-order valence-electron chi connectivity index (χ3n) is 5.51. The summed E-state index contributed by atoms with van der Waals surface area (Å²) in [5, 5.41) is 0.659.